The highest BCUT2D eigenvalue weighted by Gasteiger charge is 2.25. The number of fused-ring (bicyclic) bond motifs is 1. The number of nitrogens with zero attached hydrogens (tertiary/aromatic N) is 4. The third-order valence-corrected chi connectivity index (χ3v) is 3.96. The Balaban J connectivity index is 1.77. The number of aliphatic hydroxyl groups is 1. The Morgan fingerprint density at radius 3 is 2.76 bits per heavy atom. The normalized spacial score (nSPS) is 21.7. The summed E-state index contributed by atoms with van der Waals surface area (Å²) in [6.45, 7) is 7.59. The fourth-order valence-electron chi connectivity index (χ4n) is 3.00. The lowest BCUT2D eigenvalue weighted by Crippen LogP contribution is -2.53. The van der Waals surface area contributed by atoms with E-state index in [-0.39, 0.29) is 6.10 Å². The van der Waals surface area contributed by atoms with Crippen LogP contribution in [0.5, 0.6) is 0 Å². The molecule has 1 aliphatic heterocycles. The van der Waals surface area contributed by atoms with E-state index in [9.17, 15) is 5.11 Å². The highest BCUT2D eigenvalue weighted by atomic mass is 16.3. The monoisotopic (exact) mass is 286 g/mol. The van der Waals surface area contributed by atoms with Gasteiger partial charge in [0.05, 0.1) is 23.3 Å². The average Bonchev–Trinajstić information content (AvgIpc) is 2.46. The standard InChI is InChI=1S/C16H22N4O/c1-12-10-19(11-13(2)21)7-8-20(12)16-9-17-14-5-3-4-6-15(14)18-16/h3-6,9,12-13,21H,7-8,10-11H2,1-2H3/t12-,13-/m0/s1. The van der Waals surface area contributed by atoms with E-state index in [2.05, 4.69) is 21.7 Å². The van der Waals surface area contributed by atoms with Crippen LogP contribution in [0, 0.1) is 0 Å². The molecule has 0 unspecified atom stereocenters. The minimum atomic E-state index is -0.274. The predicted octanol–water partition coefficient (Wildman–Crippen LogP) is 1.52. The van der Waals surface area contributed by atoms with Crippen molar-refractivity contribution < 1.29 is 5.11 Å². The van der Waals surface area contributed by atoms with Crippen LogP contribution < -0.4 is 4.90 Å². The largest absolute Gasteiger partial charge is 0.392 e. The summed E-state index contributed by atoms with van der Waals surface area (Å²) in [7, 11) is 0. The maximum absolute atomic E-state index is 9.51. The zero-order valence-corrected chi connectivity index (χ0v) is 12.6. The molecule has 21 heavy (non-hydrogen) atoms. The van der Waals surface area contributed by atoms with Crippen molar-refractivity contribution >= 4 is 16.9 Å². The zero-order valence-electron chi connectivity index (χ0n) is 12.6. The van der Waals surface area contributed by atoms with Crippen molar-refractivity contribution in [2.75, 3.05) is 31.1 Å². The van der Waals surface area contributed by atoms with E-state index in [4.69, 9.17) is 4.98 Å². The second-order valence-corrected chi connectivity index (χ2v) is 5.87. The molecule has 0 aliphatic carbocycles. The summed E-state index contributed by atoms with van der Waals surface area (Å²) in [4.78, 5) is 13.8. The van der Waals surface area contributed by atoms with Gasteiger partial charge in [-0.2, -0.15) is 0 Å². The molecule has 0 spiro atoms. The summed E-state index contributed by atoms with van der Waals surface area (Å²) in [6.07, 6.45) is 1.59. The van der Waals surface area contributed by atoms with Gasteiger partial charge in [-0.3, -0.25) is 9.88 Å². The van der Waals surface area contributed by atoms with Gasteiger partial charge in [-0.15, -0.1) is 0 Å². The van der Waals surface area contributed by atoms with Gasteiger partial charge in [0.1, 0.15) is 5.82 Å². The van der Waals surface area contributed by atoms with E-state index in [1.54, 1.807) is 0 Å². The topological polar surface area (TPSA) is 52.5 Å². The molecule has 1 aromatic heterocycles. The van der Waals surface area contributed by atoms with E-state index in [0.717, 1.165) is 43.0 Å². The molecular formula is C16H22N4O. The fourth-order valence-corrected chi connectivity index (χ4v) is 3.00. The van der Waals surface area contributed by atoms with Gasteiger partial charge < -0.3 is 10.0 Å². The van der Waals surface area contributed by atoms with Gasteiger partial charge in [-0.1, -0.05) is 12.1 Å². The number of β-amino-alcohol motifs (C(OH)–C–C–N with tert-alkyl or cyclic N) is 1. The summed E-state index contributed by atoms with van der Waals surface area (Å²) in [5.74, 6) is 0.942. The SMILES string of the molecule is C[C@H](O)CN1CCN(c2cnc3ccccc3n2)[C@@H](C)C1. The minimum absolute atomic E-state index is 0.274. The van der Waals surface area contributed by atoms with Crippen molar-refractivity contribution in [1.82, 2.24) is 14.9 Å². The molecule has 2 atom stereocenters. The second-order valence-electron chi connectivity index (χ2n) is 5.87. The van der Waals surface area contributed by atoms with Crippen molar-refractivity contribution in [2.24, 2.45) is 0 Å². The van der Waals surface area contributed by atoms with Gasteiger partial charge in [0.25, 0.3) is 0 Å². The number of aliphatic hydroxyl groups excluding tert-OH is 1. The predicted molar refractivity (Wildman–Crippen MR) is 84.5 cm³/mol. The molecule has 0 saturated carbocycles. The highest BCUT2D eigenvalue weighted by molar-refractivity contribution is 5.75. The Hall–Kier alpha value is -1.72. The molecule has 1 aliphatic rings. The number of para-hydroxylation sites is 2. The van der Waals surface area contributed by atoms with E-state index in [1.165, 1.54) is 0 Å². The van der Waals surface area contributed by atoms with Crippen LogP contribution in [0.1, 0.15) is 13.8 Å². The van der Waals surface area contributed by atoms with Crippen LogP contribution in [0.4, 0.5) is 5.82 Å². The molecule has 1 aromatic carbocycles. The fraction of sp³-hybridized carbons (Fsp3) is 0.500. The Morgan fingerprint density at radius 1 is 1.29 bits per heavy atom. The molecule has 5 nitrogen and oxygen atoms in total. The first-order valence-electron chi connectivity index (χ1n) is 7.52. The molecule has 0 radical (unpaired) electrons. The third-order valence-electron chi connectivity index (χ3n) is 3.96. The molecule has 2 heterocycles. The highest BCUT2D eigenvalue weighted by Crippen LogP contribution is 2.20. The summed E-state index contributed by atoms with van der Waals surface area (Å²) >= 11 is 0. The van der Waals surface area contributed by atoms with Crippen LogP contribution in [-0.4, -0.2) is 58.3 Å². The summed E-state index contributed by atoms with van der Waals surface area (Å²) in [5.41, 5.74) is 1.87. The minimum Gasteiger partial charge on any atom is -0.392 e. The second kappa shape index (κ2) is 5.95. The summed E-state index contributed by atoms with van der Waals surface area (Å²) in [5, 5.41) is 9.51. The number of anilines is 1. The van der Waals surface area contributed by atoms with Crippen LogP contribution in [0.3, 0.4) is 0 Å². The Bertz CT molecular complexity index is 616. The first kappa shape index (κ1) is 14.2. The van der Waals surface area contributed by atoms with E-state index >= 15 is 0 Å². The van der Waals surface area contributed by atoms with Crippen molar-refractivity contribution in [3.8, 4) is 0 Å². The van der Waals surface area contributed by atoms with Gasteiger partial charge >= 0.3 is 0 Å². The van der Waals surface area contributed by atoms with Crippen LogP contribution >= 0.6 is 0 Å². The number of benzene rings is 1. The van der Waals surface area contributed by atoms with Crippen molar-refractivity contribution in [2.45, 2.75) is 26.0 Å². The van der Waals surface area contributed by atoms with Crippen LogP contribution in [0.15, 0.2) is 30.5 Å². The molecule has 0 amide bonds. The molecule has 112 valence electrons. The quantitative estimate of drug-likeness (QED) is 0.927. The first-order chi connectivity index (χ1) is 10.1. The molecule has 1 N–H and O–H groups in total. The number of hydrogen-bond acceptors (Lipinski definition) is 5. The lowest BCUT2D eigenvalue weighted by Gasteiger charge is -2.40. The van der Waals surface area contributed by atoms with E-state index in [0.29, 0.717) is 6.04 Å². The number of rotatable bonds is 3. The third kappa shape index (κ3) is 3.14. The van der Waals surface area contributed by atoms with Crippen LogP contribution in [0.2, 0.25) is 0 Å². The smallest absolute Gasteiger partial charge is 0.148 e. The van der Waals surface area contributed by atoms with Gasteiger partial charge in [-0.25, -0.2) is 4.98 Å². The summed E-state index contributed by atoms with van der Waals surface area (Å²) in [6, 6.07) is 8.32. The molecule has 5 heteroatoms. The van der Waals surface area contributed by atoms with Gasteiger partial charge in [0, 0.05) is 32.2 Å². The molecule has 0 bridgehead atoms. The van der Waals surface area contributed by atoms with Crippen LogP contribution in [0.25, 0.3) is 11.0 Å². The Morgan fingerprint density at radius 2 is 2.05 bits per heavy atom. The maximum Gasteiger partial charge on any atom is 0.148 e. The molecule has 3 rings (SSSR count). The van der Waals surface area contributed by atoms with E-state index < -0.39 is 0 Å². The number of hydrogen-bond donors (Lipinski definition) is 1. The van der Waals surface area contributed by atoms with Crippen LogP contribution in [-0.2, 0) is 0 Å². The van der Waals surface area contributed by atoms with Gasteiger partial charge in [0.2, 0.25) is 0 Å². The number of aromatic nitrogens is 2. The van der Waals surface area contributed by atoms with Gasteiger partial charge in [0.15, 0.2) is 0 Å². The molecular weight excluding hydrogens is 264 g/mol. The van der Waals surface area contributed by atoms with Crippen molar-refractivity contribution in [3.05, 3.63) is 30.5 Å². The first-order valence-corrected chi connectivity index (χ1v) is 7.52. The zero-order chi connectivity index (χ0) is 14.8. The lowest BCUT2D eigenvalue weighted by molar-refractivity contribution is 0.114. The lowest BCUT2D eigenvalue weighted by atomic mass is 10.2. The summed E-state index contributed by atoms with van der Waals surface area (Å²) < 4.78 is 0. The van der Waals surface area contributed by atoms with Crippen molar-refractivity contribution in [3.63, 3.8) is 0 Å². The van der Waals surface area contributed by atoms with Gasteiger partial charge in [-0.05, 0) is 26.0 Å². The number of piperazine rings is 1. The Labute approximate surface area is 125 Å². The Kier molecular flexibility index (Phi) is 4.03. The molecule has 2 aromatic rings. The maximum atomic E-state index is 9.51. The molecule has 1 fully saturated rings. The van der Waals surface area contributed by atoms with Crippen molar-refractivity contribution in [1.29, 1.82) is 0 Å². The average molecular weight is 286 g/mol. The van der Waals surface area contributed by atoms with E-state index in [1.807, 2.05) is 37.4 Å². The molecule has 1 saturated heterocycles.